The number of aliphatic imine (C=N–C) groups is 1. The molecule has 0 aromatic heterocycles. The van der Waals surface area contributed by atoms with Crippen LogP contribution in [-0.4, -0.2) is 18.9 Å². The van der Waals surface area contributed by atoms with Crippen LogP contribution in [0.2, 0.25) is 0 Å². The van der Waals surface area contributed by atoms with Crippen LogP contribution in [0.15, 0.2) is 4.99 Å². The molecule has 1 aliphatic rings. The zero-order valence-corrected chi connectivity index (χ0v) is 4.52. The van der Waals surface area contributed by atoms with Gasteiger partial charge in [-0.2, -0.15) is 0 Å². The quantitative estimate of drug-likeness (QED) is 0.453. The fourth-order valence-electron chi connectivity index (χ4n) is 0.632. The second-order valence-corrected chi connectivity index (χ2v) is 1.53. The van der Waals surface area contributed by atoms with Gasteiger partial charge in [-0.1, -0.05) is 6.92 Å². The number of rotatable bonds is 1. The Morgan fingerprint density at radius 2 is 2.43 bits per heavy atom. The molecule has 2 heteroatoms. The minimum atomic E-state index is 0.920. The van der Waals surface area contributed by atoms with Crippen molar-refractivity contribution in [2.45, 2.75) is 13.3 Å². The maximum atomic E-state index is 4.10. The van der Waals surface area contributed by atoms with Crippen LogP contribution in [0.1, 0.15) is 13.3 Å². The van der Waals surface area contributed by atoms with E-state index in [-0.39, 0.29) is 0 Å². The average Bonchev–Trinajstić information content (AvgIpc) is 2.14. The summed E-state index contributed by atoms with van der Waals surface area (Å²) in [6.45, 7) is 3.92. The highest BCUT2D eigenvalue weighted by molar-refractivity contribution is 5.82. The highest BCUT2D eigenvalue weighted by Crippen LogP contribution is 1.89. The summed E-state index contributed by atoms with van der Waals surface area (Å²) in [4.78, 5) is 4.10. The van der Waals surface area contributed by atoms with Gasteiger partial charge < -0.3 is 0 Å². The van der Waals surface area contributed by atoms with Gasteiger partial charge in [0.05, 0.1) is 13.1 Å². The molecule has 2 nitrogen and oxygen atoms in total. The lowest BCUT2D eigenvalue weighted by Crippen LogP contribution is -2.07. The average molecular weight is 97.1 g/mol. The summed E-state index contributed by atoms with van der Waals surface area (Å²) in [5.41, 5.74) is 0. The molecule has 1 heterocycles. The summed E-state index contributed by atoms with van der Waals surface area (Å²) in [5, 5.41) is 4.10. The molecule has 0 atom stereocenters. The second kappa shape index (κ2) is 1.96. The van der Waals surface area contributed by atoms with Gasteiger partial charge in [-0.05, 0) is 0 Å². The molecule has 1 radical (unpaired) electrons. The molecule has 1 rings (SSSR count). The van der Waals surface area contributed by atoms with Crippen LogP contribution >= 0.6 is 0 Å². The van der Waals surface area contributed by atoms with E-state index in [1.165, 1.54) is 0 Å². The van der Waals surface area contributed by atoms with Gasteiger partial charge in [0.2, 0.25) is 0 Å². The van der Waals surface area contributed by atoms with Gasteiger partial charge in [0, 0.05) is 6.42 Å². The van der Waals surface area contributed by atoms with Crippen LogP contribution < -0.4 is 5.32 Å². The third-order valence-electron chi connectivity index (χ3n) is 1.00. The van der Waals surface area contributed by atoms with E-state index in [0.717, 1.165) is 25.3 Å². The first-order valence-corrected chi connectivity index (χ1v) is 2.64. The van der Waals surface area contributed by atoms with Crippen molar-refractivity contribution in [2.75, 3.05) is 13.1 Å². The van der Waals surface area contributed by atoms with Gasteiger partial charge in [-0.25, -0.2) is 0 Å². The van der Waals surface area contributed by atoms with E-state index in [0.29, 0.717) is 0 Å². The predicted octanol–water partition coefficient (Wildman–Crippen LogP) is 0.413. The van der Waals surface area contributed by atoms with Crippen LogP contribution in [0.5, 0.6) is 0 Å². The van der Waals surface area contributed by atoms with Gasteiger partial charge in [0.15, 0.2) is 0 Å². The Morgan fingerprint density at radius 3 is 2.71 bits per heavy atom. The Morgan fingerprint density at radius 1 is 1.57 bits per heavy atom. The molecule has 0 fully saturated rings. The number of hydrogen-bond acceptors (Lipinski definition) is 1. The van der Waals surface area contributed by atoms with Crippen LogP contribution in [-0.2, 0) is 0 Å². The summed E-state index contributed by atoms with van der Waals surface area (Å²) < 4.78 is 0. The fraction of sp³-hybridized carbons (Fsp3) is 0.800. The van der Waals surface area contributed by atoms with Gasteiger partial charge in [0.25, 0.3) is 0 Å². The molecular formula is C5H9N2. The van der Waals surface area contributed by atoms with Crippen molar-refractivity contribution in [1.82, 2.24) is 5.32 Å². The summed E-state index contributed by atoms with van der Waals surface area (Å²) in [7, 11) is 0. The van der Waals surface area contributed by atoms with Gasteiger partial charge in [-0.15, -0.1) is 0 Å². The maximum Gasteiger partial charge on any atom is 0.117 e. The van der Waals surface area contributed by atoms with E-state index in [1.807, 2.05) is 0 Å². The zero-order valence-electron chi connectivity index (χ0n) is 4.52. The molecule has 0 saturated heterocycles. The minimum absolute atomic E-state index is 0.920. The Balaban J connectivity index is 2.36. The second-order valence-electron chi connectivity index (χ2n) is 1.53. The number of nitrogens with zero attached hydrogens (tertiary/aromatic N) is 2. The normalized spacial score (nSPS) is 18.7. The van der Waals surface area contributed by atoms with E-state index >= 15 is 0 Å². The fourth-order valence-corrected chi connectivity index (χ4v) is 0.632. The van der Waals surface area contributed by atoms with E-state index in [2.05, 4.69) is 17.2 Å². The Hall–Kier alpha value is -0.530. The molecule has 0 saturated carbocycles. The molecule has 0 amide bonds. The zero-order chi connectivity index (χ0) is 5.11. The van der Waals surface area contributed by atoms with Gasteiger partial charge >= 0.3 is 0 Å². The monoisotopic (exact) mass is 97.1 g/mol. The van der Waals surface area contributed by atoms with E-state index in [9.17, 15) is 0 Å². The first-order chi connectivity index (χ1) is 3.43. The van der Waals surface area contributed by atoms with Crippen molar-refractivity contribution in [2.24, 2.45) is 4.99 Å². The highest BCUT2D eigenvalue weighted by Gasteiger charge is 2.01. The summed E-state index contributed by atoms with van der Waals surface area (Å²) in [6, 6.07) is 0. The number of hydrogen-bond donors (Lipinski definition) is 0. The number of amidine groups is 1. The van der Waals surface area contributed by atoms with Crippen LogP contribution in [0.4, 0.5) is 0 Å². The molecule has 7 heavy (non-hydrogen) atoms. The lowest BCUT2D eigenvalue weighted by Gasteiger charge is -1.87. The molecule has 0 aromatic rings. The molecular weight excluding hydrogens is 88.1 g/mol. The molecule has 0 aromatic carbocycles. The molecule has 0 unspecified atom stereocenters. The lowest BCUT2D eigenvalue weighted by molar-refractivity contribution is 0.937. The van der Waals surface area contributed by atoms with Crippen molar-refractivity contribution >= 4 is 5.84 Å². The van der Waals surface area contributed by atoms with Gasteiger partial charge in [-0.3, -0.25) is 10.3 Å². The summed E-state index contributed by atoms with van der Waals surface area (Å²) >= 11 is 0. The standard InChI is InChI=1S/C5H9N2/c1-2-5-6-3-4-7-5/h2-4H2,1H3. The third kappa shape index (κ3) is 0.918. The Labute approximate surface area is 43.6 Å². The van der Waals surface area contributed by atoms with E-state index < -0.39 is 0 Å². The first kappa shape index (κ1) is 4.62. The topological polar surface area (TPSA) is 26.5 Å². The third-order valence-corrected chi connectivity index (χ3v) is 1.00. The van der Waals surface area contributed by atoms with Crippen molar-refractivity contribution < 1.29 is 0 Å². The van der Waals surface area contributed by atoms with Crippen LogP contribution in [0, 0.1) is 0 Å². The van der Waals surface area contributed by atoms with Crippen LogP contribution in [0.3, 0.4) is 0 Å². The van der Waals surface area contributed by atoms with Crippen molar-refractivity contribution in [3.05, 3.63) is 0 Å². The molecule has 39 valence electrons. The summed E-state index contributed by atoms with van der Waals surface area (Å²) in [5.74, 6) is 1.04. The van der Waals surface area contributed by atoms with E-state index in [4.69, 9.17) is 0 Å². The molecule has 0 aliphatic carbocycles. The molecule has 0 N–H and O–H groups in total. The smallest absolute Gasteiger partial charge is 0.117 e. The van der Waals surface area contributed by atoms with Crippen LogP contribution in [0.25, 0.3) is 0 Å². The lowest BCUT2D eigenvalue weighted by atomic mass is 10.4. The highest BCUT2D eigenvalue weighted by atomic mass is 15.1. The predicted molar refractivity (Wildman–Crippen MR) is 29.6 cm³/mol. The molecule has 0 bridgehead atoms. The Bertz CT molecular complexity index is 86.1. The molecule has 0 spiro atoms. The van der Waals surface area contributed by atoms with Crippen molar-refractivity contribution in [3.8, 4) is 0 Å². The van der Waals surface area contributed by atoms with Crippen molar-refractivity contribution in [3.63, 3.8) is 0 Å². The minimum Gasteiger partial charge on any atom is -0.269 e. The van der Waals surface area contributed by atoms with Gasteiger partial charge in [0.1, 0.15) is 5.84 Å². The summed E-state index contributed by atoms with van der Waals surface area (Å²) in [6.07, 6.45) is 1.00. The SMILES string of the molecule is CCC1=NCC[N]1. The largest absolute Gasteiger partial charge is 0.269 e. The molecule has 1 aliphatic heterocycles. The van der Waals surface area contributed by atoms with E-state index in [1.54, 1.807) is 0 Å². The maximum absolute atomic E-state index is 4.10. The Kier molecular flexibility index (Phi) is 1.29. The first-order valence-electron chi connectivity index (χ1n) is 2.64. The van der Waals surface area contributed by atoms with Crippen molar-refractivity contribution in [1.29, 1.82) is 0 Å².